The van der Waals surface area contributed by atoms with Crippen molar-refractivity contribution in [3.8, 4) is 0 Å². The molecule has 0 aliphatic carbocycles. The Bertz CT molecular complexity index is 280. The molecular weight excluding hydrogens is 190 g/mol. The van der Waals surface area contributed by atoms with Crippen LogP contribution in [-0.4, -0.2) is 19.0 Å². The topological polar surface area (TPSA) is 49.6 Å². The van der Waals surface area contributed by atoms with Gasteiger partial charge in [-0.05, 0) is 25.5 Å². The molecule has 0 fully saturated rings. The van der Waals surface area contributed by atoms with E-state index in [1.807, 2.05) is 12.1 Å². The number of nitrogens with one attached hydrogen (secondary N) is 2. The van der Waals surface area contributed by atoms with Crippen molar-refractivity contribution in [1.29, 1.82) is 0 Å². The molecule has 4 nitrogen and oxygen atoms in total. The normalized spacial score (nSPS) is 11.5. The van der Waals surface area contributed by atoms with E-state index < -0.39 is 0 Å². The van der Waals surface area contributed by atoms with E-state index in [-0.39, 0.29) is 0 Å². The molecule has 84 valence electrons. The van der Waals surface area contributed by atoms with Gasteiger partial charge < -0.3 is 15.1 Å². The Morgan fingerprint density at radius 1 is 1.40 bits per heavy atom. The van der Waals surface area contributed by atoms with Crippen molar-refractivity contribution in [2.24, 2.45) is 4.99 Å². The third kappa shape index (κ3) is 4.54. The molecule has 0 atom stereocenters. The summed E-state index contributed by atoms with van der Waals surface area (Å²) in [4.78, 5) is 4.39. The van der Waals surface area contributed by atoms with Gasteiger partial charge >= 0.3 is 0 Å². The van der Waals surface area contributed by atoms with Crippen molar-refractivity contribution in [1.82, 2.24) is 10.6 Å². The van der Waals surface area contributed by atoms with E-state index in [2.05, 4.69) is 29.5 Å². The van der Waals surface area contributed by atoms with E-state index in [4.69, 9.17) is 4.42 Å². The molecule has 4 heteroatoms. The Morgan fingerprint density at radius 2 is 2.27 bits per heavy atom. The van der Waals surface area contributed by atoms with Crippen LogP contribution in [-0.2, 0) is 6.54 Å². The number of furan rings is 1. The largest absolute Gasteiger partial charge is 0.467 e. The monoisotopic (exact) mass is 209 g/mol. The van der Waals surface area contributed by atoms with Crippen LogP contribution in [0, 0.1) is 0 Å². The first-order chi connectivity index (χ1) is 7.36. The Hall–Kier alpha value is -1.45. The quantitative estimate of drug-likeness (QED) is 0.573. The Labute approximate surface area is 90.8 Å². The molecule has 1 heterocycles. The maximum Gasteiger partial charge on any atom is 0.191 e. The molecule has 0 spiro atoms. The second-order valence-corrected chi connectivity index (χ2v) is 3.20. The summed E-state index contributed by atoms with van der Waals surface area (Å²) in [6.07, 6.45) is 2.75. The van der Waals surface area contributed by atoms with Crippen molar-refractivity contribution in [3.05, 3.63) is 24.2 Å². The maximum absolute atomic E-state index is 5.20. The van der Waals surface area contributed by atoms with Gasteiger partial charge in [-0.1, -0.05) is 6.92 Å². The SMILES string of the molecule is CCCNC(=NCc1ccco1)NCC. The molecule has 0 radical (unpaired) electrons. The minimum absolute atomic E-state index is 0.575. The zero-order chi connectivity index (χ0) is 10.9. The Balaban J connectivity index is 2.43. The van der Waals surface area contributed by atoms with E-state index in [0.29, 0.717) is 6.54 Å². The summed E-state index contributed by atoms with van der Waals surface area (Å²) in [5, 5.41) is 6.41. The lowest BCUT2D eigenvalue weighted by molar-refractivity contribution is 0.512. The highest BCUT2D eigenvalue weighted by atomic mass is 16.3. The molecule has 1 aromatic heterocycles. The van der Waals surface area contributed by atoms with Crippen LogP contribution in [0.5, 0.6) is 0 Å². The van der Waals surface area contributed by atoms with Gasteiger partial charge in [0, 0.05) is 13.1 Å². The number of nitrogens with zero attached hydrogens (tertiary/aromatic N) is 1. The number of hydrogen-bond donors (Lipinski definition) is 2. The fraction of sp³-hybridized carbons (Fsp3) is 0.545. The summed E-state index contributed by atoms with van der Waals surface area (Å²) in [6.45, 7) is 6.56. The third-order valence-electron chi connectivity index (χ3n) is 1.86. The smallest absolute Gasteiger partial charge is 0.191 e. The molecule has 0 aliphatic rings. The average Bonchev–Trinajstić information content (AvgIpc) is 2.75. The van der Waals surface area contributed by atoms with E-state index in [1.165, 1.54) is 0 Å². The first kappa shape index (κ1) is 11.6. The van der Waals surface area contributed by atoms with Crippen molar-refractivity contribution in [3.63, 3.8) is 0 Å². The molecule has 15 heavy (non-hydrogen) atoms. The summed E-state index contributed by atoms with van der Waals surface area (Å²) >= 11 is 0. The van der Waals surface area contributed by atoms with Gasteiger partial charge in [-0.15, -0.1) is 0 Å². The van der Waals surface area contributed by atoms with E-state index in [1.54, 1.807) is 6.26 Å². The van der Waals surface area contributed by atoms with Crippen LogP contribution in [0.25, 0.3) is 0 Å². The number of rotatable bonds is 5. The lowest BCUT2D eigenvalue weighted by Gasteiger charge is -2.09. The predicted molar refractivity (Wildman–Crippen MR) is 61.8 cm³/mol. The van der Waals surface area contributed by atoms with Crippen molar-refractivity contribution >= 4 is 5.96 Å². The fourth-order valence-electron chi connectivity index (χ4n) is 1.14. The van der Waals surface area contributed by atoms with E-state index >= 15 is 0 Å². The standard InChI is InChI=1S/C11H19N3O/c1-3-7-13-11(12-4-2)14-9-10-6-5-8-15-10/h5-6,8H,3-4,7,9H2,1-2H3,(H2,12,13,14). The van der Waals surface area contributed by atoms with Crippen LogP contribution in [0.1, 0.15) is 26.0 Å². The van der Waals surface area contributed by atoms with Crippen molar-refractivity contribution in [2.75, 3.05) is 13.1 Å². The lowest BCUT2D eigenvalue weighted by Crippen LogP contribution is -2.37. The molecule has 0 unspecified atom stereocenters. The molecule has 1 aromatic rings. The second kappa shape index (κ2) is 6.92. The van der Waals surface area contributed by atoms with Gasteiger partial charge in [-0.2, -0.15) is 0 Å². The maximum atomic E-state index is 5.20. The van der Waals surface area contributed by atoms with Gasteiger partial charge in [0.05, 0.1) is 6.26 Å². The summed E-state index contributed by atoms with van der Waals surface area (Å²) in [5.41, 5.74) is 0. The van der Waals surface area contributed by atoms with Crippen LogP contribution < -0.4 is 10.6 Å². The zero-order valence-corrected chi connectivity index (χ0v) is 9.42. The second-order valence-electron chi connectivity index (χ2n) is 3.20. The molecule has 2 N–H and O–H groups in total. The first-order valence-electron chi connectivity index (χ1n) is 5.41. The molecule has 0 saturated heterocycles. The van der Waals surface area contributed by atoms with E-state index in [9.17, 15) is 0 Å². The number of aliphatic imine (C=N–C) groups is 1. The highest BCUT2D eigenvalue weighted by Gasteiger charge is 1.97. The summed E-state index contributed by atoms with van der Waals surface area (Å²) in [5.74, 6) is 1.72. The molecular formula is C11H19N3O. The lowest BCUT2D eigenvalue weighted by atomic mass is 10.4. The molecule has 0 amide bonds. The summed E-state index contributed by atoms with van der Waals surface area (Å²) in [7, 11) is 0. The van der Waals surface area contributed by atoms with Crippen LogP contribution in [0.3, 0.4) is 0 Å². The molecule has 0 bridgehead atoms. The van der Waals surface area contributed by atoms with Gasteiger partial charge in [-0.25, -0.2) is 4.99 Å². The van der Waals surface area contributed by atoms with Gasteiger partial charge in [0.15, 0.2) is 5.96 Å². The average molecular weight is 209 g/mol. The zero-order valence-electron chi connectivity index (χ0n) is 9.42. The number of hydrogen-bond acceptors (Lipinski definition) is 2. The van der Waals surface area contributed by atoms with Gasteiger partial charge in [-0.3, -0.25) is 0 Å². The van der Waals surface area contributed by atoms with Gasteiger partial charge in [0.1, 0.15) is 12.3 Å². The minimum Gasteiger partial charge on any atom is -0.467 e. The molecule has 0 saturated carbocycles. The molecule has 1 rings (SSSR count). The molecule has 0 aliphatic heterocycles. The van der Waals surface area contributed by atoms with Gasteiger partial charge in [0.25, 0.3) is 0 Å². The number of guanidine groups is 1. The van der Waals surface area contributed by atoms with Crippen LogP contribution >= 0.6 is 0 Å². The third-order valence-corrected chi connectivity index (χ3v) is 1.86. The van der Waals surface area contributed by atoms with Gasteiger partial charge in [0.2, 0.25) is 0 Å². The van der Waals surface area contributed by atoms with E-state index in [0.717, 1.165) is 31.2 Å². The first-order valence-corrected chi connectivity index (χ1v) is 5.41. The Kier molecular flexibility index (Phi) is 5.37. The van der Waals surface area contributed by atoms with Crippen LogP contribution in [0.2, 0.25) is 0 Å². The predicted octanol–water partition coefficient (Wildman–Crippen LogP) is 1.74. The highest BCUT2D eigenvalue weighted by molar-refractivity contribution is 5.79. The summed E-state index contributed by atoms with van der Waals surface area (Å²) in [6, 6.07) is 3.80. The van der Waals surface area contributed by atoms with Crippen molar-refractivity contribution < 1.29 is 4.42 Å². The Morgan fingerprint density at radius 3 is 2.87 bits per heavy atom. The van der Waals surface area contributed by atoms with Crippen LogP contribution in [0.15, 0.2) is 27.8 Å². The van der Waals surface area contributed by atoms with Crippen LogP contribution in [0.4, 0.5) is 0 Å². The summed E-state index contributed by atoms with van der Waals surface area (Å²) < 4.78 is 5.20. The highest BCUT2D eigenvalue weighted by Crippen LogP contribution is 2.00. The van der Waals surface area contributed by atoms with Crippen molar-refractivity contribution in [2.45, 2.75) is 26.8 Å². The molecule has 0 aromatic carbocycles. The fourth-order valence-corrected chi connectivity index (χ4v) is 1.14. The minimum atomic E-state index is 0.575.